The number of carbonyl (C=O) groups excluding carboxylic acids is 2. The fraction of sp³-hybridized carbons (Fsp3) is 0.0909. The van der Waals surface area contributed by atoms with Crippen LogP contribution in [0.2, 0.25) is 0 Å². The number of thioether (sulfide) groups is 1. The molecule has 0 saturated heterocycles. The minimum absolute atomic E-state index is 0.130. The van der Waals surface area contributed by atoms with Gasteiger partial charge in [0.1, 0.15) is 5.51 Å². The highest BCUT2D eigenvalue weighted by Crippen LogP contribution is 2.19. The Morgan fingerprint density at radius 2 is 2.16 bits per heavy atom. The molecule has 0 aliphatic carbocycles. The first-order valence-corrected chi connectivity index (χ1v) is 7.80. The molecule has 0 radical (unpaired) electrons. The molecular formula is C11H8BrN3O2S2. The van der Waals surface area contributed by atoms with Crippen molar-refractivity contribution >= 4 is 50.8 Å². The highest BCUT2D eigenvalue weighted by atomic mass is 79.9. The minimum atomic E-state index is -0.421. The lowest BCUT2D eigenvalue weighted by atomic mass is 10.2. The van der Waals surface area contributed by atoms with Gasteiger partial charge in [0.05, 0.1) is 11.3 Å². The van der Waals surface area contributed by atoms with E-state index in [1.165, 1.54) is 23.1 Å². The molecule has 8 heteroatoms. The van der Waals surface area contributed by atoms with Gasteiger partial charge in [-0.3, -0.25) is 14.9 Å². The number of carbonyl (C=O) groups is 2. The molecule has 0 aliphatic rings. The molecule has 0 spiro atoms. The van der Waals surface area contributed by atoms with Crippen molar-refractivity contribution in [1.82, 2.24) is 15.5 Å². The maximum atomic E-state index is 11.8. The summed E-state index contributed by atoms with van der Waals surface area (Å²) in [6, 6.07) is 6.92. The number of halogens is 1. The van der Waals surface area contributed by atoms with Crippen molar-refractivity contribution in [1.29, 1.82) is 0 Å². The standard InChI is InChI=1S/C11H8BrN3O2S2/c12-8-4-2-1-3-7(8)10(17)14-9(16)5-18-11-15-13-6-19-11/h1-4,6H,5H2,(H,14,16,17). The first-order chi connectivity index (χ1) is 9.16. The van der Waals surface area contributed by atoms with Gasteiger partial charge in [-0.2, -0.15) is 0 Å². The molecule has 0 atom stereocenters. The molecule has 0 fully saturated rings. The fourth-order valence-corrected chi connectivity index (χ4v) is 2.98. The summed E-state index contributed by atoms with van der Waals surface area (Å²) in [6.45, 7) is 0. The molecule has 19 heavy (non-hydrogen) atoms. The quantitative estimate of drug-likeness (QED) is 0.850. The molecule has 1 aromatic carbocycles. The number of imide groups is 1. The van der Waals surface area contributed by atoms with Crippen LogP contribution in [0.15, 0.2) is 38.6 Å². The second-order valence-corrected chi connectivity index (χ2v) is 6.26. The average molecular weight is 358 g/mol. The molecule has 0 saturated carbocycles. The summed E-state index contributed by atoms with van der Waals surface area (Å²) in [5, 5.41) is 9.79. The molecule has 0 aliphatic heterocycles. The van der Waals surface area contributed by atoms with Crippen LogP contribution in [0.1, 0.15) is 10.4 Å². The van der Waals surface area contributed by atoms with E-state index >= 15 is 0 Å². The van der Waals surface area contributed by atoms with E-state index < -0.39 is 5.91 Å². The normalized spacial score (nSPS) is 10.2. The van der Waals surface area contributed by atoms with E-state index in [1.54, 1.807) is 29.8 Å². The van der Waals surface area contributed by atoms with Gasteiger partial charge in [-0.1, -0.05) is 35.2 Å². The van der Waals surface area contributed by atoms with E-state index in [9.17, 15) is 9.59 Å². The van der Waals surface area contributed by atoms with Gasteiger partial charge in [-0.15, -0.1) is 10.2 Å². The maximum absolute atomic E-state index is 11.8. The highest BCUT2D eigenvalue weighted by molar-refractivity contribution is 9.10. The molecule has 0 unspecified atom stereocenters. The van der Waals surface area contributed by atoms with E-state index in [0.717, 1.165) is 0 Å². The van der Waals surface area contributed by atoms with Crippen LogP contribution in [0.3, 0.4) is 0 Å². The van der Waals surface area contributed by atoms with Gasteiger partial charge in [0, 0.05) is 4.47 Å². The minimum Gasteiger partial charge on any atom is -0.292 e. The SMILES string of the molecule is O=C(CSc1nncs1)NC(=O)c1ccccc1Br. The van der Waals surface area contributed by atoms with Gasteiger partial charge >= 0.3 is 0 Å². The Labute approximate surface area is 125 Å². The number of hydrogen-bond donors (Lipinski definition) is 1. The average Bonchev–Trinajstić information content (AvgIpc) is 2.90. The van der Waals surface area contributed by atoms with Crippen LogP contribution in [0.5, 0.6) is 0 Å². The second kappa shape index (κ2) is 6.78. The van der Waals surface area contributed by atoms with Gasteiger partial charge in [-0.05, 0) is 28.1 Å². The Morgan fingerprint density at radius 3 is 2.84 bits per heavy atom. The summed E-state index contributed by atoms with van der Waals surface area (Å²) in [5.41, 5.74) is 2.02. The van der Waals surface area contributed by atoms with Crippen molar-refractivity contribution in [3.8, 4) is 0 Å². The van der Waals surface area contributed by atoms with E-state index in [0.29, 0.717) is 14.4 Å². The Morgan fingerprint density at radius 1 is 1.37 bits per heavy atom. The third-order valence-corrected chi connectivity index (χ3v) is 4.59. The molecule has 5 nitrogen and oxygen atoms in total. The topological polar surface area (TPSA) is 72.0 Å². The predicted molar refractivity (Wildman–Crippen MR) is 77.2 cm³/mol. The zero-order valence-corrected chi connectivity index (χ0v) is 12.7. The summed E-state index contributed by atoms with van der Waals surface area (Å²) in [5.74, 6) is -0.651. The highest BCUT2D eigenvalue weighted by Gasteiger charge is 2.13. The molecular weight excluding hydrogens is 350 g/mol. The van der Waals surface area contributed by atoms with Crippen molar-refractivity contribution in [2.75, 3.05) is 5.75 Å². The molecule has 0 bridgehead atoms. The van der Waals surface area contributed by atoms with Crippen LogP contribution in [0.25, 0.3) is 0 Å². The zero-order valence-electron chi connectivity index (χ0n) is 9.50. The molecule has 1 aromatic heterocycles. The summed E-state index contributed by atoms with van der Waals surface area (Å²) >= 11 is 5.86. The third kappa shape index (κ3) is 4.12. The predicted octanol–water partition coefficient (Wildman–Crippen LogP) is 2.35. The van der Waals surface area contributed by atoms with Gasteiger partial charge in [0.15, 0.2) is 4.34 Å². The second-order valence-electron chi connectivity index (χ2n) is 3.35. The van der Waals surface area contributed by atoms with E-state index in [-0.39, 0.29) is 11.7 Å². The zero-order chi connectivity index (χ0) is 13.7. The van der Waals surface area contributed by atoms with E-state index in [2.05, 4.69) is 31.4 Å². The summed E-state index contributed by atoms with van der Waals surface area (Å²) in [6.07, 6.45) is 0. The van der Waals surface area contributed by atoms with Gasteiger partial charge in [0.25, 0.3) is 5.91 Å². The number of benzene rings is 1. The molecule has 1 heterocycles. The summed E-state index contributed by atoms with van der Waals surface area (Å²) in [7, 11) is 0. The summed E-state index contributed by atoms with van der Waals surface area (Å²) in [4.78, 5) is 23.5. The number of nitrogens with zero attached hydrogens (tertiary/aromatic N) is 2. The lowest BCUT2D eigenvalue weighted by Crippen LogP contribution is -2.32. The molecule has 98 valence electrons. The number of amides is 2. The van der Waals surface area contributed by atoms with Gasteiger partial charge in [-0.25, -0.2) is 0 Å². The number of hydrogen-bond acceptors (Lipinski definition) is 6. The lowest BCUT2D eigenvalue weighted by molar-refractivity contribution is -0.117. The summed E-state index contributed by atoms with van der Waals surface area (Å²) < 4.78 is 1.35. The molecule has 1 N–H and O–H groups in total. The van der Waals surface area contributed by atoms with E-state index in [4.69, 9.17) is 0 Å². The largest absolute Gasteiger partial charge is 0.292 e. The van der Waals surface area contributed by atoms with Crippen LogP contribution in [-0.4, -0.2) is 27.8 Å². The fourth-order valence-electron chi connectivity index (χ4n) is 1.23. The van der Waals surface area contributed by atoms with Crippen LogP contribution < -0.4 is 5.32 Å². The number of nitrogens with one attached hydrogen (secondary N) is 1. The van der Waals surface area contributed by atoms with E-state index in [1.807, 2.05) is 0 Å². The van der Waals surface area contributed by atoms with Crippen LogP contribution >= 0.6 is 39.0 Å². The van der Waals surface area contributed by atoms with Crippen molar-refractivity contribution in [2.45, 2.75) is 4.34 Å². The Kier molecular flexibility index (Phi) is 5.06. The van der Waals surface area contributed by atoms with Gasteiger partial charge < -0.3 is 0 Å². The van der Waals surface area contributed by atoms with Crippen LogP contribution in [0, 0.1) is 0 Å². The van der Waals surface area contributed by atoms with Crippen molar-refractivity contribution in [3.63, 3.8) is 0 Å². The van der Waals surface area contributed by atoms with Crippen molar-refractivity contribution < 1.29 is 9.59 Å². The van der Waals surface area contributed by atoms with Crippen LogP contribution in [-0.2, 0) is 4.79 Å². The first-order valence-electron chi connectivity index (χ1n) is 5.14. The van der Waals surface area contributed by atoms with Crippen LogP contribution in [0.4, 0.5) is 0 Å². The van der Waals surface area contributed by atoms with Gasteiger partial charge in [0.2, 0.25) is 5.91 Å². The Hall–Kier alpha value is -1.25. The smallest absolute Gasteiger partial charge is 0.259 e. The number of rotatable bonds is 4. The Balaban J connectivity index is 1.89. The molecule has 2 rings (SSSR count). The lowest BCUT2D eigenvalue weighted by Gasteiger charge is -2.04. The first kappa shape index (κ1) is 14.2. The monoisotopic (exact) mass is 357 g/mol. The Bertz CT molecular complexity index is 589. The molecule has 2 amide bonds. The molecule has 2 aromatic rings. The maximum Gasteiger partial charge on any atom is 0.259 e. The van der Waals surface area contributed by atoms with Crippen molar-refractivity contribution in [3.05, 3.63) is 39.8 Å². The number of aromatic nitrogens is 2. The third-order valence-electron chi connectivity index (χ3n) is 2.04. The van der Waals surface area contributed by atoms with Crippen molar-refractivity contribution in [2.24, 2.45) is 0 Å².